The van der Waals surface area contributed by atoms with Gasteiger partial charge < -0.3 is 15.4 Å². The number of ether oxygens (including phenoxy) is 1. The third kappa shape index (κ3) is 4.77. The molecular weight excluding hydrogens is 352 g/mol. The molecule has 2 atom stereocenters. The SMILES string of the molecule is CCCOc1cn(-c2ccccc2)nc1C(=O)NC1CCNCC1C.Cl. The van der Waals surface area contributed by atoms with Crippen LogP contribution in [-0.2, 0) is 0 Å². The fourth-order valence-corrected chi connectivity index (χ4v) is 3.01. The molecule has 0 radical (unpaired) electrons. The van der Waals surface area contributed by atoms with Crippen molar-refractivity contribution in [1.29, 1.82) is 0 Å². The number of aromatic nitrogens is 2. The minimum Gasteiger partial charge on any atom is -0.489 e. The fraction of sp³-hybridized carbons (Fsp3) is 0.474. The number of carbonyl (C=O) groups excluding carboxylic acids is 1. The Hall–Kier alpha value is -2.05. The molecule has 2 aromatic rings. The molecule has 1 saturated heterocycles. The molecule has 0 spiro atoms. The highest BCUT2D eigenvalue weighted by Crippen LogP contribution is 2.21. The smallest absolute Gasteiger partial charge is 0.275 e. The molecule has 1 amide bonds. The summed E-state index contributed by atoms with van der Waals surface area (Å²) >= 11 is 0. The molecule has 2 unspecified atom stereocenters. The van der Waals surface area contributed by atoms with Crippen molar-refractivity contribution < 1.29 is 9.53 Å². The Bertz CT molecular complexity index is 705. The highest BCUT2D eigenvalue weighted by molar-refractivity contribution is 5.95. The molecule has 1 aliphatic heterocycles. The van der Waals surface area contributed by atoms with Crippen molar-refractivity contribution >= 4 is 18.3 Å². The van der Waals surface area contributed by atoms with E-state index in [1.165, 1.54) is 0 Å². The van der Waals surface area contributed by atoms with Crippen LogP contribution in [0.3, 0.4) is 0 Å². The van der Waals surface area contributed by atoms with Gasteiger partial charge in [0.25, 0.3) is 5.91 Å². The largest absolute Gasteiger partial charge is 0.489 e. The average Bonchev–Trinajstić information content (AvgIpc) is 3.07. The number of nitrogens with zero attached hydrogens (tertiary/aromatic N) is 2. The Morgan fingerprint density at radius 1 is 1.38 bits per heavy atom. The summed E-state index contributed by atoms with van der Waals surface area (Å²) in [5.74, 6) is 0.762. The van der Waals surface area contributed by atoms with E-state index in [2.05, 4.69) is 22.7 Å². The van der Waals surface area contributed by atoms with Gasteiger partial charge in [-0.3, -0.25) is 4.79 Å². The minimum atomic E-state index is -0.167. The third-order valence-corrected chi connectivity index (χ3v) is 4.48. The molecule has 26 heavy (non-hydrogen) atoms. The Morgan fingerprint density at radius 3 is 2.85 bits per heavy atom. The quantitative estimate of drug-likeness (QED) is 0.811. The zero-order valence-corrected chi connectivity index (χ0v) is 16.1. The second kappa shape index (κ2) is 9.59. The number of rotatable bonds is 6. The van der Waals surface area contributed by atoms with Gasteiger partial charge in [0.05, 0.1) is 18.5 Å². The summed E-state index contributed by atoms with van der Waals surface area (Å²) in [5, 5.41) is 11.0. The van der Waals surface area contributed by atoms with E-state index in [1.807, 2.05) is 37.3 Å². The van der Waals surface area contributed by atoms with E-state index in [4.69, 9.17) is 4.74 Å². The Morgan fingerprint density at radius 2 is 2.15 bits per heavy atom. The molecule has 1 aromatic carbocycles. The van der Waals surface area contributed by atoms with Gasteiger partial charge in [-0.2, -0.15) is 5.10 Å². The predicted octanol–water partition coefficient (Wildman–Crippen LogP) is 2.81. The number of hydrogen-bond acceptors (Lipinski definition) is 4. The second-order valence-electron chi connectivity index (χ2n) is 6.52. The van der Waals surface area contributed by atoms with Crippen LogP contribution >= 0.6 is 12.4 Å². The zero-order valence-electron chi connectivity index (χ0n) is 15.3. The molecule has 142 valence electrons. The van der Waals surface area contributed by atoms with Crippen molar-refractivity contribution in [2.24, 2.45) is 5.92 Å². The molecule has 2 N–H and O–H groups in total. The first-order valence-corrected chi connectivity index (χ1v) is 8.98. The van der Waals surface area contributed by atoms with E-state index < -0.39 is 0 Å². The molecular formula is C19H27ClN4O2. The Labute approximate surface area is 160 Å². The van der Waals surface area contributed by atoms with Crippen molar-refractivity contribution in [1.82, 2.24) is 20.4 Å². The molecule has 7 heteroatoms. The lowest BCUT2D eigenvalue weighted by atomic mass is 9.95. The third-order valence-electron chi connectivity index (χ3n) is 4.48. The summed E-state index contributed by atoms with van der Waals surface area (Å²) < 4.78 is 7.47. The van der Waals surface area contributed by atoms with Crippen LogP contribution in [0.25, 0.3) is 5.69 Å². The maximum Gasteiger partial charge on any atom is 0.275 e. The number of halogens is 1. The topological polar surface area (TPSA) is 68.2 Å². The van der Waals surface area contributed by atoms with Crippen molar-refractivity contribution in [3.05, 3.63) is 42.2 Å². The van der Waals surface area contributed by atoms with Crippen LogP contribution in [0.4, 0.5) is 0 Å². The van der Waals surface area contributed by atoms with Crippen LogP contribution < -0.4 is 15.4 Å². The molecule has 1 fully saturated rings. The van der Waals surface area contributed by atoms with Crippen LogP contribution in [0.15, 0.2) is 36.5 Å². The number of amides is 1. The van der Waals surface area contributed by atoms with E-state index in [0.29, 0.717) is 24.0 Å². The fourth-order valence-electron chi connectivity index (χ4n) is 3.01. The van der Waals surface area contributed by atoms with Gasteiger partial charge in [0.2, 0.25) is 0 Å². The van der Waals surface area contributed by atoms with Crippen LogP contribution in [0.2, 0.25) is 0 Å². The van der Waals surface area contributed by atoms with E-state index in [0.717, 1.165) is 31.6 Å². The second-order valence-corrected chi connectivity index (χ2v) is 6.52. The summed E-state index contributed by atoms with van der Waals surface area (Å²) in [7, 11) is 0. The standard InChI is InChI=1S/C19H26N4O2.ClH/c1-3-11-25-17-13-23(15-7-5-4-6-8-15)22-18(17)19(24)21-16-9-10-20-12-14(16)2;/h4-8,13-14,16,20H,3,9-12H2,1-2H3,(H,21,24);1H. The number of hydrogen-bond donors (Lipinski definition) is 2. The van der Waals surface area contributed by atoms with Gasteiger partial charge in [-0.05, 0) is 44.0 Å². The molecule has 0 bridgehead atoms. The molecule has 1 aromatic heterocycles. The number of para-hydroxylation sites is 1. The lowest BCUT2D eigenvalue weighted by molar-refractivity contribution is 0.0904. The summed E-state index contributed by atoms with van der Waals surface area (Å²) in [6.07, 6.45) is 3.59. The molecule has 0 aliphatic carbocycles. The highest BCUT2D eigenvalue weighted by Gasteiger charge is 2.26. The van der Waals surface area contributed by atoms with Crippen molar-refractivity contribution in [3.8, 4) is 11.4 Å². The van der Waals surface area contributed by atoms with Gasteiger partial charge in [-0.25, -0.2) is 4.68 Å². The van der Waals surface area contributed by atoms with E-state index >= 15 is 0 Å². The van der Waals surface area contributed by atoms with E-state index in [1.54, 1.807) is 10.9 Å². The first kappa shape index (κ1) is 20.3. The minimum absolute atomic E-state index is 0. The Kier molecular flexibility index (Phi) is 7.48. The summed E-state index contributed by atoms with van der Waals surface area (Å²) in [5.41, 5.74) is 1.25. The summed E-state index contributed by atoms with van der Waals surface area (Å²) in [6, 6.07) is 9.91. The van der Waals surface area contributed by atoms with Gasteiger partial charge in [-0.15, -0.1) is 12.4 Å². The summed E-state index contributed by atoms with van der Waals surface area (Å²) in [4.78, 5) is 12.8. The molecule has 1 aliphatic rings. The normalized spacial score (nSPS) is 19.5. The first-order chi connectivity index (χ1) is 12.2. The number of carbonyl (C=O) groups is 1. The maximum absolute atomic E-state index is 12.8. The van der Waals surface area contributed by atoms with E-state index in [-0.39, 0.29) is 24.4 Å². The average molecular weight is 379 g/mol. The lowest BCUT2D eigenvalue weighted by Gasteiger charge is -2.30. The van der Waals surface area contributed by atoms with Gasteiger partial charge >= 0.3 is 0 Å². The van der Waals surface area contributed by atoms with Crippen molar-refractivity contribution in [2.75, 3.05) is 19.7 Å². The first-order valence-electron chi connectivity index (χ1n) is 8.98. The zero-order chi connectivity index (χ0) is 17.6. The highest BCUT2D eigenvalue weighted by atomic mass is 35.5. The van der Waals surface area contributed by atoms with Gasteiger partial charge in [0.1, 0.15) is 0 Å². The van der Waals surface area contributed by atoms with Crippen LogP contribution in [0, 0.1) is 5.92 Å². The van der Waals surface area contributed by atoms with Crippen molar-refractivity contribution in [2.45, 2.75) is 32.7 Å². The van der Waals surface area contributed by atoms with Gasteiger partial charge in [0, 0.05) is 6.04 Å². The number of nitrogens with one attached hydrogen (secondary N) is 2. The van der Waals surface area contributed by atoms with Crippen LogP contribution in [0.1, 0.15) is 37.2 Å². The number of piperidine rings is 1. The predicted molar refractivity (Wildman–Crippen MR) is 105 cm³/mol. The Balaban J connectivity index is 0.00000243. The van der Waals surface area contributed by atoms with E-state index in [9.17, 15) is 4.79 Å². The molecule has 6 nitrogen and oxygen atoms in total. The lowest BCUT2D eigenvalue weighted by Crippen LogP contribution is -2.48. The molecule has 2 heterocycles. The van der Waals surface area contributed by atoms with Crippen LogP contribution in [-0.4, -0.2) is 41.4 Å². The van der Waals surface area contributed by atoms with Gasteiger partial charge in [0.15, 0.2) is 11.4 Å². The van der Waals surface area contributed by atoms with Gasteiger partial charge in [-0.1, -0.05) is 32.0 Å². The molecule has 0 saturated carbocycles. The maximum atomic E-state index is 12.8. The number of benzene rings is 1. The monoisotopic (exact) mass is 378 g/mol. The summed E-state index contributed by atoms with van der Waals surface area (Å²) in [6.45, 7) is 6.59. The van der Waals surface area contributed by atoms with Crippen molar-refractivity contribution in [3.63, 3.8) is 0 Å². The van der Waals surface area contributed by atoms with Crippen LogP contribution in [0.5, 0.6) is 5.75 Å². The molecule has 3 rings (SSSR count).